The van der Waals surface area contributed by atoms with E-state index < -0.39 is 16.7 Å². The van der Waals surface area contributed by atoms with Crippen LogP contribution >= 0.6 is 0 Å². The maximum absolute atomic E-state index is 12.7. The fourth-order valence-electron chi connectivity index (χ4n) is 3.42. The van der Waals surface area contributed by atoms with Crippen molar-refractivity contribution in [1.29, 1.82) is 0 Å². The van der Waals surface area contributed by atoms with Crippen molar-refractivity contribution in [1.82, 2.24) is 10.1 Å². The number of anilines is 1. The van der Waals surface area contributed by atoms with E-state index in [4.69, 9.17) is 4.52 Å². The van der Waals surface area contributed by atoms with Gasteiger partial charge in [0.1, 0.15) is 0 Å². The summed E-state index contributed by atoms with van der Waals surface area (Å²) in [6.45, 7) is 0. The monoisotopic (exact) mass is 412 g/mol. The molecular weight excluding hydrogens is 400 g/mol. The third-order valence-corrected chi connectivity index (χ3v) is 4.89. The minimum Gasteiger partial charge on any atom is -0.334 e. The summed E-state index contributed by atoms with van der Waals surface area (Å²) in [6.07, 6.45) is 0. The van der Waals surface area contributed by atoms with Crippen LogP contribution in [0.3, 0.4) is 0 Å². The molecule has 2 heterocycles. The molecule has 0 radical (unpaired) electrons. The Labute approximate surface area is 174 Å². The van der Waals surface area contributed by atoms with E-state index in [2.05, 4.69) is 10.1 Å². The van der Waals surface area contributed by atoms with Gasteiger partial charge in [-0.1, -0.05) is 35.5 Å². The van der Waals surface area contributed by atoms with Crippen molar-refractivity contribution >= 4 is 23.2 Å². The van der Waals surface area contributed by atoms with Crippen molar-refractivity contribution in [3.05, 3.63) is 94.0 Å². The van der Waals surface area contributed by atoms with Gasteiger partial charge in [-0.3, -0.25) is 19.7 Å². The SMILES string of the molecule is O=C1c2ccccc2C(=O)N1c1cccc(-c2nc(-c3cccc([N+](=O)[O-])c3)no2)c1. The lowest BCUT2D eigenvalue weighted by atomic mass is 10.1. The number of hydrogen-bond acceptors (Lipinski definition) is 7. The minimum absolute atomic E-state index is 0.0866. The molecular formula is C22H12N4O5. The Balaban J connectivity index is 1.49. The second-order valence-electron chi connectivity index (χ2n) is 6.77. The predicted octanol–water partition coefficient (Wildman–Crippen LogP) is 4.11. The molecule has 0 fully saturated rings. The van der Waals surface area contributed by atoms with Crippen LogP contribution in [0.4, 0.5) is 11.4 Å². The van der Waals surface area contributed by atoms with E-state index >= 15 is 0 Å². The molecule has 0 saturated heterocycles. The average molecular weight is 412 g/mol. The Hall–Kier alpha value is -4.66. The van der Waals surface area contributed by atoms with E-state index in [0.29, 0.717) is 27.9 Å². The van der Waals surface area contributed by atoms with Gasteiger partial charge >= 0.3 is 0 Å². The number of fused-ring (bicyclic) bond motifs is 1. The number of nitro benzene ring substituents is 1. The number of carbonyl (C=O) groups excluding carboxylic acids is 2. The van der Waals surface area contributed by atoms with Crippen molar-refractivity contribution in [2.45, 2.75) is 0 Å². The number of non-ortho nitro benzene ring substituents is 1. The predicted molar refractivity (Wildman–Crippen MR) is 109 cm³/mol. The number of aromatic nitrogens is 2. The molecule has 9 nitrogen and oxygen atoms in total. The average Bonchev–Trinajstić information content (AvgIpc) is 3.38. The summed E-state index contributed by atoms with van der Waals surface area (Å²) >= 11 is 0. The molecule has 0 atom stereocenters. The standard InChI is InChI=1S/C22H12N4O5/c27-21-17-9-1-2-10-18(17)22(28)25(21)15-7-4-6-14(12-15)20-23-19(24-31-20)13-5-3-8-16(11-13)26(29)30/h1-12H. The number of carbonyl (C=O) groups is 2. The van der Waals surface area contributed by atoms with Crippen LogP contribution in [0.1, 0.15) is 20.7 Å². The van der Waals surface area contributed by atoms with Crippen molar-refractivity contribution < 1.29 is 19.0 Å². The fraction of sp³-hybridized carbons (Fsp3) is 0. The fourth-order valence-corrected chi connectivity index (χ4v) is 3.42. The summed E-state index contributed by atoms with van der Waals surface area (Å²) in [6, 6.07) is 19.2. The summed E-state index contributed by atoms with van der Waals surface area (Å²) in [5, 5.41) is 14.9. The van der Waals surface area contributed by atoms with Gasteiger partial charge in [0.2, 0.25) is 5.82 Å². The van der Waals surface area contributed by atoms with Crippen LogP contribution in [0.2, 0.25) is 0 Å². The van der Waals surface area contributed by atoms with Gasteiger partial charge in [0, 0.05) is 23.3 Å². The van der Waals surface area contributed by atoms with E-state index in [-0.39, 0.29) is 17.4 Å². The molecule has 5 rings (SSSR count). The van der Waals surface area contributed by atoms with Crippen molar-refractivity contribution in [3.63, 3.8) is 0 Å². The highest BCUT2D eigenvalue weighted by atomic mass is 16.6. The maximum Gasteiger partial charge on any atom is 0.270 e. The molecule has 31 heavy (non-hydrogen) atoms. The molecule has 1 aromatic heterocycles. The lowest BCUT2D eigenvalue weighted by Crippen LogP contribution is -2.29. The molecule has 1 aliphatic rings. The van der Waals surface area contributed by atoms with Gasteiger partial charge in [-0.15, -0.1) is 0 Å². The molecule has 0 aliphatic carbocycles. The second-order valence-corrected chi connectivity index (χ2v) is 6.77. The van der Waals surface area contributed by atoms with Crippen molar-refractivity contribution in [2.75, 3.05) is 4.90 Å². The van der Waals surface area contributed by atoms with Gasteiger partial charge in [-0.25, -0.2) is 4.90 Å². The zero-order valence-electron chi connectivity index (χ0n) is 15.8. The molecule has 0 bridgehead atoms. The highest BCUT2D eigenvalue weighted by Gasteiger charge is 2.36. The third kappa shape index (κ3) is 3.04. The number of amides is 2. The normalized spacial score (nSPS) is 12.8. The highest BCUT2D eigenvalue weighted by molar-refractivity contribution is 6.34. The highest BCUT2D eigenvalue weighted by Crippen LogP contribution is 2.31. The molecule has 2 amide bonds. The van der Waals surface area contributed by atoms with Crippen LogP contribution in [0.25, 0.3) is 22.8 Å². The summed E-state index contributed by atoms with van der Waals surface area (Å²) in [4.78, 5) is 41.4. The molecule has 0 saturated carbocycles. The van der Waals surface area contributed by atoms with Crippen LogP contribution in [-0.2, 0) is 0 Å². The van der Waals surface area contributed by atoms with Gasteiger partial charge in [0.05, 0.1) is 21.7 Å². The van der Waals surface area contributed by atoms with Crippen molar-refractivity contribution in [2.24, 2.45) is 0 Å². The van der Waals surface area contributed by atoms with E-state index in [1.54, 1.807) is 54.6 Å². The number of rotatable bonds is 4. The van der Waals surface area contributed by atoms with Crippen LogP contribution in [-0.4, -0.2) is 26.9 Å². The molecule has 150 valence electrons. The van der Waals surface area contributed by atoms with Crippen LogP contribution in [0.15, 0.2) is 77.3 Å². The number of nitro groups is 1. The Morgan fingerprint density at radius 1 is 0.839 bits per heavy atom. The third-order valence-electron chi connectivity index (χ3n) is 4.89. The molecule has 4 aromatic rings. The summed E-state index contributed by atoms with van der Waals surface area (Å²) < 4.78 is 5.32. The summed E-state index contributed by atoms with van der Waals surface area (Å²) in [7, 11) is 0. The Bertz CT molecular complexity index is 1340. The number of nitrogens with zero attached hydrogens (tertiary/aromatic N) is 4. The smallest absolute Gasteiger partial charge is 0.270 e. The molecule has 1 aliphatic heterocycles. The molecule has 0 spiro atoms. The van der Waals surface area contributed by atoms with Gasteiger partial charge in [-0.05, 0) is 30.3 Å². The number of benzene rings is 3. The second kappa shape index (κ2) is 6.99. The van der Waals surface area contributed by atoms with Gasteiger partial charge < -0.3 is 4.52 Å². The van der Waals surface area contributed by atoms with Gasteiger partial charge in [0.25, 0.3) is 23.4 Å². The first-order valence-corrected chi connectivity index (χ1v) is 9.20. The van der Waals surface area contributed by atoms with E-state index in [0.717, 1.165) is 4.90 Å². The topological polar surface area (TPSA) is 119 Å². The molecule has 0 N–H and O–H groups in total. The zero-order chi connectivity index (χ0) is 21.5. The lowest BCUT2D eigenvalue weighted by molar-refractivity contribution is -0.384. The molecule has 9 heteroatoms. The Morgan fingerprint density at radius 3 is 2.23 bits per heavy atom. The maximum atomic E-state index is 12.7. The van der Waals surface area contributed by atoms with Gasteiger partial charge in [-0.2, -0.15) is 4.98 Å². The largest absolute Gasteiger partial charge is 0.334 e. The summed E-state index contributed by atoms with van der Waals surface area (Å²) in [5.41, 5.74) is 1.92. The van der Waals surface area contributed by atoms with E-state index in [9.17, 15) is 19.7 Å². The first-order chi connectivity index (χ1) is 15.0. The van der Waals surface area contributed by atoms with Crippen LogP contribution in [0, 0.1) is 10.1 Å². The van der Waals surface area contributed by atoms with E-state index in [1.807, 2.05) is 0 Å². The molecule has 0 unspecified atom stereocenters. The lowest BCUT2D eigenvalue weighted by Gasteiger charge is -2.14. The quantitative estimate of drug-likeness (QED) is 0.281. The van der Waals surface area contributed by atoms with Crippen LogP contribution < -0.4 is 4.90 Å². The number of imide groups is 1. The first-order valence-electron chi connectivity index (χ1n) is 9.20. The summed E-state index contributed by atoms with van der Waals surface area (Å²) in [5.74, 6) is -0.467. The minimum atomic E-state index is -0.504. The number of hydrogen-bond donors (Lipinski definition) is 0. The van der Waals surface area contributed by atoms with Gasteiger partial charge in [0.15, 0.2) is 0 Å². The Kier molecular flexibility index (Phi) is 4.14. The van der Waals surface area contributed by atoms with Crippen LogP contribution in [0.5, 0.6) is 0 Å². The Morgan fingerprint density at radius 2 is 1.52 bits per heavy atom. The van der Waals surface area contributed by atoms with Crippen molar-refractivity contribution in [3.8, 4) is 22.8 Å². The zero-order valence-corrected chi connectivity index (χ0v) is 15.8. The first kappa shape index (κ1) is 18.4. The van der Waals surface area contributed by atoms with E-state index in [1.165, 1.54) is 18.2 Å². The molecule has 3 aromatic carbocycles.